The maximum Gasteiger partial charge on any atom is 0.387 e. The van der Waals surface area contributed by atoms with Gasteiger partial charge in [-0.05, 0) is 57.4 Å². The molecule has 2 heterocycles. The van der Waals surface area contributed by atoms with Gasteiger partial charge in [0.25, 0.3) is 0 Å². The van der Waals surface area contributed by atoms with Crippen molar-refractivity contribution in [1.29, 1.82) is 0 Å². The Kier molecular flexibility index (Phi) is 6.99. The molecule has 0 aliphatic carbocycles. The number of rotatable bonds is 6. The van der Waals surface area contributed by atoms with E-state index < -0.39 is 25.1 Å². The highest BCUT2D eigenvalue weighted by Gasteiger charge is 2.37. The van der Waals surface area contributed by atoms with E-state index in [4.69, 9.17) is 0 Å². The average Bonchev–Trinajstić information content (AvgIpc) is 3.41. The number of urea groups is 1. The number of hydrogen-bond donors (Lipinski definition) is 0. The Morgan fingerprint density at radius 3 is 2.39 bits per heavy atom. The Morgan fingerprint density at radius 1 is 1.12 bits per heavy atom. The van der Waals surface area contributed by atoms with Crippen molar-refractivity contribution in [2.45, 2.75) is 19.1 Å². The van der Waals surface area contributed by atoms with Crippen molar-refractivity contribution in [1.82, 2.24) is 5.01 Å². The van der Waals surface area contributed by atoms with Gasteiger partial charge in [-0.3, -0.25) is 0 Å². The van der Waals surface area contributed by atoms with E-state index in [1.54, 1.807) is 17.5 Å². The van der Waals surface area contributed by atoms with E-state index in [0.29, 0.717) is 20.6 Å². The van der Waals surface area contributed by atoms with Crippen LogP contribution in [0.1, 0.15) is 17.0 Å². The normalized spacial score (nSPS) is 15.8. The lowest BCUT2D eigenvalue weighted by Gasteiger charge is -2.24. The maximum absolute atomic E-state index is 13.8. The van der Waals surface area contributed by atoms with Gasteiger partial charge in [-0.1, -0.05) is 30.3 Å². The topological polar surface area (TPSA) is 45.1 Å². The molecule has 5 nitrogen and oxygen atoms in total. The molecule has 0 N–H and O–H groups in total. The number of nitrogens with zero attached hydrogens (tertiary/aromatic N) is 3. The minimum atomic E-state index is -3.07. The number of anilines is 1. The van der Waals surface area contributed by atoms with E-state index in [-0.39, 0.29) is 17.3 Å². The first kappa shape index (κ1) is 23.2. The lowest BCUT2D eigenvalue weighted by atomic mass is 9.90. The second-order valence-corrected chi connectivity index (χ2v) is 8.77. The minimum absolute atomic E-state index is 0.0244. The largest absolute Gasteiger partial charge is 0.435 e. The summed E-state index contributed by atoms with van der Waals surface area (Å²) in [7, 11) is 0. The number of carbonyl (C=O) groups is 1. The molecule has 1 aromatic heterocycles. The number of halogens is 5. The number of ether oxygens (including phenoxy) is 1. The maximum atomic E-state index is 13.8. The van der Waals surface area contributed by atoms with Gasteiger partial charge in [0, 0.05) is 15.8 Å². The fraction of sp³-hybridized carbons (Fsp3) is 0.182. The molecule has 172 valence electrons. The van der Waals surface area contributed by atoms with E-state index in [9.17, 15) is 22.4 Å². The average molecular weight is 542 g/mol. The van der Waals surface area contributed by atoms with Crippen LogP contribution in [0.5, 0.6) is 5.75 Å². The van der Waals surface area contributed by atoms with Crippen molar-refractivity contribution < 1.29 is 27.1 Å². The first-order valence-electron chi connectivity index (χ1n) is 9.65. The summed E-state index contributed by atoms with van der Waals surface area (Å²) >= 11 is 4.21. The fourth-order valence-corrected chi connectivity index (χ4v) is 4.88. The molecule has 0 bridgehead atoms. The summed E-state index contributed by atoms with van der Waals surface area (Å²) in [4.78, 5) is 13.5. The monoisotopic (exact) mass is 541 g/mol. The molecule has 1 atom stereocenters. The Balaban J connectivity index is 1.68. The highest BCUT2D eigenvalue weighted by molar-refractivity contribution is 9.10. The van der Waals surface area contributed by atoms with Crippen LogP contribution in [0.4, 0.5) is 27.4 Å². The van der Waals surface area contributed by atoms with E-state index in [1.807, 2.05) is 30.3 Å². The number of carbonyl (C=O) groups excluding carboxylic acids is 1. The molecule has 3 aromatic rings. The summed E-state index contributed by atoms with van der Waals surface area (Å²) in [6, 6.07) is 15.5. The number of hydrazone groups is 1. The van der Waals surface area contributed by atoms with Gasteiger partial charge in [0.2, 0.25) is 0 Å². The molecule has 0 saturated heterocycles. The van der Waals surface area contributed by atoms with Crippen molar-refractivity contribution in [3.05, 3.63) is 81.6 Å². The standard InChI is InChI=1S/C22H16BrF4N3O2S/c23-15-10-18(33-12-15)30(20(24)25)22(31)29-11-17(13-4-2-1-3-5-13)19(28-29)14-6-8-16(9-7-14)32-21(26)27/h1-10,12,17,20-21H,11H2. The van der Waals surface area contributed by atoms with Crippen LogP contribution in [0, 0.1) is 0 Å². The molecule has 1 aliphatic rings. The van der Waals surface area contributed by atoms with Crippen molar-refractivity contribution in [2.75, 3.05) is 11.4 Å². The number of alkyl halides is 4. The van der Waals surface area contributed by atoms with Crippen molar-refractivity contribution >= 4 is 44.0 Å². The predicted molar refractivity (Wildman–Crippen MR) is 121 cm³/mol. The molecule has 0 saturated carbocycles. The minimum Gasteiger partial charge on any atom is -0.435 e. The molecule has 0 spiro atoms. The molecule has 4 rings (SSSR count). The van der Waals surface area contributed by atoms with Crippen LogP contribution in [0.3, 0.4) is 0 Å². The van der Waals surface area contributed by atoms with Gasteiger partial charge in [-0.2, -0.15) is 22.7 Å². The smallest absolute Gasteiger partial charge is 0.387 e. The third-order valence-electron chi connectivity index (χ3n) is 4.90. The summed E-state index contributed by atoms with van der Waals surface area (Å²) in [5, 5.41) is 7.06. The summed E-state index contributed by atoms with van der Waals surface area (Å²) in [5.74, 6) is -0.421. The molecule has 2 amide bonds. The summed E-state index contributed by atoms with van der Waals surface area (Å²) in [5.41, 5.74) is 1.85. The zero-order valence-electron chi connectivity index (χ0n) is 16.7. The van der Waals surface area contributed by atoms with Gasteiger partial charge in [0.1, 0.15) is 10.8 Å². The van der Waals surface area contributed by atoms with Crippen molar-refractivity contribution in [3.63, 3.8) is 0 Å². The fourth-order valence-electron chi connectivity index (χ4n) is 3.46. The van der Waals surface area contributed by atoms with Crippen molar-refractivity contribution in [3.8, 4) is 5.75 Å². The van der Waals surface area contributed by atoms with Crippen LogP contribution in [0.25, 0.3) is 0 Å². The lowest BCUT2D eigenvalue weighted by molar-refractivity contribution is -0.0498. The third-order valence-corrected chi connectivity index (χ3v) is 6.59. The molecule has 1 unspecified atom stereocenters. The Hall–Kier alpha value is -2.92. The molecule has 1 aliphatic heterocycles. The highest BCUT2D eigenvalue weighted by atomic mass is 79.9. The SMILES string of the molecule is O=C(N1CC(c2ccccc2)C(c2ccc(OC(F)F)cc2)=N1)N(c1cc(Br)cs1)C(F)F. The molecule has 0 fully saturated rings. The third kappa shape index (κ3) is 5.19. The summed E-state index contributed by atoms with van der Waals surface area (Å²) < 4.78 is 57.6. The van der Waals surface area contributed by atoms with Gasteiger partial charge in [0.05, 0.1) is 12.3 Å². The van der Waals surface area contributed by atoms with Crippen molar-refractivity contribution in [2.24, 2.45) is 5.10 Å². The molecular weight excluding hydrogens is 526 g/mol. The zero-order valence-corrected chi connectivity index (χ0v) is 19.1. The quantitative estimate of drug-likeness (QED) is 0.255. The molecule has 2 aromatic carbocycles. The van der Waals surface area contributed by atoms with Gasteiger partial charge in [-0.25, -0.2) is 14.7 Å². The van der Waals surface area contributed by atoms with E-state index in [1.165, 1.54) is 18.2 Å². The number of amides is 2. The van der Waals surface area contributed by atoms with Crippen LogP contribution in [-0.4, -0.2) is 36.5 Å². The first-order chi connectivity index (χ1) is 15.8. The van der Waals surface area contributed by atoms with Gasteiger partial charge >= 0.3 is 19.2 Å². The molecule has 0 radical (unpaired) electrons. The van der Waals surface area contributed by atoms with E-state index in [0.717, 1.165) is 21.9 Å². The predicted octanol–water partition coefficient (Wildman–Crippen LogP) is 6.76. The second-order valence-electron chi connectivity index (χ2n) is 6.97. The number of hydrogen-bond acceptors (Lipinski definition) is 4. The second kappa shape index (κ2) is 9.92. The zero-order chi connectivity index (χ0) is 23.5. The van der Waals surface area contributed by atoms with Crippen LogP contribution in [0.15, 0.2) is 75.6 Å². The summed E-state index contributed by atoms with van der Waals surface area (Å²) in [6.07, 6.45) is 0. The van der Waals surface area contributed by atoms with Gasteiger partial charge in [-0.15, -0.1) is 11.3 Å². The lowest BCUT2D eigenvalue weighted by Crippen LogP contribution is -2.43. The number of benzene rings is 2. The Morgan fingerprint density at radius 2 is 1.82 bits per heavy atom. The van der Waals surface area contributed by atoms with Crippen LogP contribution >= 0.6 is 27.3 Å². The molecule has 11 heteroatoms. The highest BCUT2D eigenvalue weighted by Crippen LogP contribution is 2.34. The number of thiophene rings is 1. The first-order valence-corrected chi connectivity index (χ1v) is 11.3. The Bertz CT molecular complexity index is 1140. The van der Waals surface area contributed by atoms with E-state index >= 15 is 0 Å². The molecular formula is C22H16BrF4N3O2S. The van der Waals surface area contributed by atoms with E-state index in [2.05, 4.69) is 25.8 Å². The Labute approximate surface area is 199 Å². The molecule has 33 heavy (non-hydrogen) atoms. The van der Waals surface area contributed by atoms with Gasteiger partial charge < -0.3 is 4.74 Å². The summed E-state index contributed by atoms with van der Waals surface area (Å²) in [6.45, 7) is -5.98. The van der Waals surface area contributed by atoms with Crippen LogP contribution < -0.4 is 9.64 Å². The van der Waals surface area contributed by atoms with Crippen LogP contribution in [-0.2, 0) is 0 Å². The van der Waals surface area contributed by atoms with Gasteiger partial charge in [0.15, 0.2) is 0 Å². The van der Waals surface area contributed by atoms with Crippen LogP contribution in [0.2, 0.25) is 0 Å².